The van der Waals surface area contributed by atoms with E-state index in [0.717, 1.165) is 0 Å². The minimum absolute atomic E-state index is 0. The van der Waals surface area contributed by atoms with Crippen LogP contribution in [0.3, 0.4) is 0 Å². The number of para-hydroxylation sites is 1. The predicted octanol–water partition coefficient (Wildman–Crippen LogP) is -1.49. The summed E-state index contributed by atoms with van der Waals surface area (Å²) in [4.78, 5) is 0. The van der Waals surface area contributed by atoms with Crippen LogP contribution in [0.15, 0.2) is 28.8 Å². The van der Waals surface area contributed by atoms with Gasteiger partial charge in [-0.3, -0.25) is 8.99 Å². The summed E-state index contributed by atoms with van der Waals surface area (Å²) in [5.41, 5.74) is 0.821. The summed E-state index contributed by atoms with van der Waals surface area (Å²) in [6.07, 6.45) is 0. The van der Waals surface area contributed by atoms with Crippen molar-refractivity contribution < 1.29 is 42.8 Å². The summed E-state index contributed by atoms with van der Waals surface area (Å²) in [5, 5.41) is 4.25. The monoisotopic (exact) mass is 234 g/mol. The van der Waals surface area contributed by atoms with Crippen molar-refractivity contribution in [1.82, 2.24) is 5.16 Å². The second-order valence-corrected chi connectivity index (χ2v) is 4.40. The average molecular weight is 234 g/mol. The molecule has 0 saturated heterocycles. The molecule has 2 rings (SSSR count). The van der Waals surface area contributed by atoms with Crippen molar-refractivity contribution in [3.63, 3.8) is 0 Å². The van der Waals surface area contributed by atoms with E-state index in [2.05, 4.69) is 5.16 Å². The molecule has 1 aromatic carbocycles. The SMILES string of the molecule is N=S(=O)([O-])Cc1noc2ccccc12.[Na+]. The molecule has 5 nitrogen and oxygen atoms in total. The van der Waals surface area contributed by atoms with E-state index in [9.17, 15) is 8.76 Å². The fourth-order valence-corrected chi connectivity index (χ4v) is 1.79. The molecule has 7 heteroatoms. The minimum atomic E-state index is -3.81. The zero-order chi connectivity index (χ0) is 10.2. The van der Waals surface area contributed by atoms with Gasteiger partial charge in [-0.05, 0) is 22.1 Å². The molecule has 1 heterocycles. The Morgan fingerprint density at radius 2 is 2.13 bits per heavy atom. The van der Waals surface area contributed by atoms with E-state index in [-0.39, 0.29) is 35.3 Å². The topological polar surface area (TPSA) is 90.0 Å². The Kier molecular flexibility index (Phi) is 3.91. The number of hydrogen-bond acceptors (Lipinski definition) is 5. The van der Waals surface area contributed by atoms with Crippen LogP contribution in [-0.4, -0.2) is 13.9 Å². The van der Waals surface area contributed by atoms with E-state index in [1.54, 1.807) is 24.3 Å². The molecule has 1 aromatic heterocycles. The Balaban J connectivity index is 0.00000112. The van der Waals surface area contributed by atoms with Gasteiger partial charge in [0.2, 0.25) is 0 Å². The molecule has 0 saturated carbocycles. The van der Waals surface area contributed by atoms with E-state index >= 15 is 0 Å². The molecule has 1 N–H and O–H groups in total. The summed E-state index contributed by atoms with van der Waals surface area (Å²) in [6.45, 7) is 0. The van der Waals surface area contributed by atoms with Crippen LogP contribution in [0, 0.1) is 4.78 Å². The van der Waals surface area contributed by atoms with Crippen LogP contribution in [0.4, 0.5) is 0 Å². The smallest absolute Gasteiger partial charge is 0.764 e. The van der Waals surface area contributed by atoms with Gasteiger partial charge >= 0.3 is 29.6 Å². The molecule has 2 aromatic rings. The number of benzene rings is 1. The maximum absolute atomic E-state index is 10.7. The Hall–Kier alpha value is -0.400. The van der Waals surface area contributed by atoms with Crippen LogP contribution in [0.25, 0.3) is 11.0 Å². The molecule has 0 aliphatic heterocycles. The quantitative estimate of drug-likeness (QED) is 0.641. The van der Waals surface area contributed by atoms with Crippen molar-refractivity contribution in [3.8, 4) is 0 Å². The zero-order valence-corrected chi connectivity index (χ0v) is 10.9. The fourth-order valence-electron chi connectivity index (χ4n) is 1.22. The standard InChI is InChI=1S/C8H8N2O3S.Na/c9-14(11,12)5-7-6-3-1-2-4-8(6)13-10-7;/h1-4H,5H2,(H2,9,11,12);/q;+1/p-1. The first-order chi connectivity index (χ1) is 6.56. The van der Waals surface area contributed by atoms with Crippen LogP contribution < -0.4 is 29.6 Å². The maximum atomic E-state index is 10.7. The number of aromatic nitrogens is 1. The number of hydrogen-bond donors (Lipinski definition) is 1. The van der Waals surface area contributed by atoms with Crippen molar-refractivity contribution in [1.29, 1.82) is 4.78 Å². The van der Waals surface area contributed by atoms with E-state index < -0.39 is 15.8 Å². The zero-order valence-electron chi connectivity index (χ0n) is 8.10. The third kappa shape index (κ3) is 3.02. The van der Waals surface area contributed by atoms with Crippen molar-refractivity contribution >= 4 is 21.0 Å². The molecule has 0 bridgehead atoms. The van der Waals surface area contributed by atoms with Gasteiger partial charge in [0.15, 0.2) is 5.58 Å². The van der Waals surface area contributed by atoms with Crippen LogP contribution in [-0.2, 0) is 15.8 Å². The molecule has 1 unspecified atom stereocenters. The third-order valence-electron chi connectivity index (χ3n) is 1.78. The first kappa shape index (κ1) is 12.7. The molecule has 0 aliphatic carbocycles. The van der Waals surface area contributed by atoms with Crippen LogP contribution >= 0.6 is 0 Å². The molecule has 74 valence electrons. The van der Waals surface area contributed by atoms with Gasteiger partial charge in [0, 0.05) is 5.39 Å². The fraction of sp³-hybridized carbons (Fsp3) is 0.125. The van der Waals surface area contributed by atoms with E-state index in [1.807, 2.05) is 0 Å². The molecule has 0 spiro atoms. The maximum Gasteiger partial charge on any atom is 1.00 e. The average Bonchev–Trinajstić information content (AvgIpc) is 2.47. The molecule has 1 atom stereocenters. The number of nitrogens with zero attached hydrogens (tertiary/aromatic N) is 1. The Bertz CT molecular complexity index is 564. The molecule has 15 heavy (non-hydrogen) atoms. The molecular formula is C8H7N2NaO3S. The minimum Gasteiger partial charge on any atom is -0.764 e. The van der Waals surface area contributed by atoms with Crippen LogP contribution in [0.1, 0.15) is 5.69 Å². The van der Waals surface area contributed by atoms with Gasteiger partial charge in [-0.1, -0.05) is 17.3 Å². The number of fused-ring (bicyclic) bond motifs is 1. The number of rotatable bonds is 2. The normalized spacial score (nSPS) is 14.5. The van der Waals surface area contributed by atoms with Crippen LogP contribution in [0.2, 0.25) is 0 Å². The van der Waals surface area contributed by atoms with Gasteiger partial charge in [-0.25, -0.2) is 0 Å². The first-order valence-corrected chi connectivity index (χ1v) is 5.52. The predicted molar refractivity (Wildman–Crippen MR) is 49.4 cm³/mol. The van der Waals surface area contributed by atoms with Crippen molar-refractivity contribution in [3.05, 3.63) is 30.0 Å². The Morgan fingerprint density at radius 3 is 2.80 bits per heavy atom. The molecule has 0 aliphatic rings. The number of nitrogens with one attached hydrogen (secondary N) is 1. The summed E-state index contributed by atoms with van der Waals surface area (Å²) < 4.78 is 33.1. The van der Waals surface area contributed by atoms with Crippen molar-refractivity contribution in [2.24, 2.45) is 0 Å². The van der Waals surface area contributed by atoms with Gasteiger partial charge in [0.25, 0.3) is 0 Å². The molecule has 0 fully saturated rings. The Morgan fingerprint density at radius 1 is 1.47 bits per heavy atom. The van der Waals surface area contributed by atoms with Gasteiger partial charge < -0.3 is 9.08 Å². The first-order valence-electron chi connectivity index (χ1n) is 3.87. The second-order valence-electron chi connectivity index (χ2n) is 2.88. The van der Waals surface area contributed by atoms with E-state index in [1.165, 1.54) is 0 Å². The van der Waals surface area contributed by atoms with E-state index in [0.29, 0.717) is 11.0 Å². The molecule has 0 amide bonds. The van der Waals surface area contributed by atoms with Crippen molar-refractivity contribution in [2.75, 3.05) is 0 Å². The summed E-state index contributed by atoms with van der Waals surface area (Å²) in [6, 6.07) is 6.95. The third-order valence-corrected chi connectivity index (χ3v) is 2.43. The van der Waals surface area contributed by atoms with Gasteiger partial charge in [0.05, 0.1) is 5.75 Å². The van der Waals surface area contributed by atoms with E-state index in [4.69, 9.17) is 9.30 Å². The van der Waals surface area contributed by atoms with Crippen molar-refractivity contribution in [2.45, 2.75) is 5.75 Å². The van der Waals surface area contributed by atoms with Gasteiger partial charge in [0.1, 0.15) is 5.69 Å². The van der Waals surface area contributed by atoms with Gasteiger partial charge in [-0.2, -0.15) is 0 Å². The summed E-state index contributed by atoms with van der Waals surface area (Å²) in [5.74, 6) is -0.413. The molecular weight excluding hydrogens is 227 g/mol. The summed E-state index contributed by atoms with van der Waals surface area (Å²) in [7, 11) is -3.81. The van der Waals surface area contributed by atoms with Gasteiger partial charge in [-0.15, -0.1) is 0 Å². The second kappa shape index (κ2) is 4.63. The Labute approximate surface area is 109 Å². The molecule has 0 radical (unpaired) electrons. The summed E-state index contributed by atoms with van der Waals surface area (Å²) >= 11 is 0. The van der Waals surface area contributed by atoms with Crippen LogP contribution in [0.5, 0.6) is 0 Å². The largest absolute Gasteiger partial charge is 1.00 e.